The third-order valence-corrected chi connectivity index (χ3v) is 5.19. The third kappa shape index (κ3) is 5.19. The van der Waals surface area contributed by atoms with Gasteiger partial charge in [-0.15, -0.1) is 0 Å². The van der Waals surface area contributed by atoms with Crippen molar-refractivity contribution in [1.82, 2.24) is 9.97 Å². The Morgan fingerprint density at radius 1 is 1.19 bits per heavy atom. The second-order valence-electron chi connectivity index (χ2n) is 7.47. The average molecular weight is 419 g/mol. The fourth-order valence-corrected chi connectivity index (χ4v) is 3.52. The lowest BCUT2D eigenvalue weighted by Gasteiger charge is -2.13. The van der Waals surface area contributed by atoms with E-state index in [9.17, 15) is 4.79 Å². The Labute approximate surface area is 181 Å². The smallest absolute Gasteiger partial charge is 0.254 e. The molecular formula is C24H25N3O4. The zero-order chi connectivity index (χ0) is 21.6. The van der Waals surface area contributed by atoms with Crippen LogP contribution in [0.1, 0.15) is 34.5 Å². The lowest BCUT2D eigenvalue weighted by atomic mass is 10.0. The first-order valence-corrected chi connectivity index (χ1v) is 10.3. The van der Waals surface area contributed by atoms with Gasteiger partial charge in [-0.25, -0.2) is 4.98 Å². The molecule has 3 aromatic rings. The number of ether oxygens (including phenoxy) is 3. The van der Waals surface area contributed by atoms with Gasteiger partial charge in [0.1, 0.15) is 24.5 Å². The number of carbonyl (C=O) groups excluding carboxylic acids is 1. The maximum absolute atomic E-state index is 11.5. The first-order valence-electron chi connectivity index (χ1n) is 10.3. The second-order valence-corrected chi connectivity index (χ2v) is 7.47. The van der Waals surface area contributed by atoms with Gasteiger partial charge in [-0.3, -0.25) is 9.78 Å². The lowest BCUT2D eigenvalue weighted by Crippen LogP contribution is -2.16. The van der Waals surface area contributed by atoms with E-state index in [1.165, 1.54) is 0 Å². The van der Waals surface area contributed by atoms with Crippen LogP contribution in [-0.4, -0.2) is 35.2 Å². The molecule has 4 rings (SSSR count). The van der Waals surface area contributed by atoms with Crippen LogP contribution in [0.15, 0.2) is 54.9 Å². The van der Waals surface area contributed by atoms with Crippen LogP contribution in [0.2, 0.25) is 0 Å². The number of hydrogen-bond acceptors (Lipinski definition) is 6. The molecule has 3 heterocycles. The molecule has 1 amide bonds. The summed E-state index contributed by atoms with van der Waals surface area (Å²) in [5.74, 6) is 0.468. The van der Waals surface area contributed by atoms with Crippen molar-refractivity contribution in [2.75, 3.05) is 13.2 Å². The Bertz CT molecular complexity index is 1050. The number of pyridine rings is 2. The van der Waals surface area contributed by atoms with Crippen molar-refractivity contribution in [3.8, 4) is 22.8 Å². The number of aryl methyl sites for hydroxylation is 1. The van der Waals surface area contributed by atoms with Gasteiger partial charge in [-0.05, 0) is 61.2 Å². The second kappa shape index (κ2) is 9.57. The SMILES string of the molecule is Cc1cc(OC[C@@H]2CCCO2)ccc1-c1ccc(COc2ncccc2C(N)=O)nc1. The number of nitrogens with two attached hydrogens (primary N) is 1. The summed E-state index contributed by atoms with van der Waals surface area (Å²) in [7, 11) is 0. The standard InChI is InChI=1S/C24H25N3O4/c1-16-12-19(30-15-20-4-3-11-29-20)8-9-21(16)17-6-7-18(27-13-17)14-31-24-22(23(25)28)5-2-10-26-24/h2,5-10,12-13,20H,3-4,11,14-15H2,1H3,(H2,25,28)/t20-/m0/s1. The van der Waals surface area contributed by atoms with Gasteiger partial charge in [0.05, 0.1) is 11.8 Å². The summed E-state index contributed by atoms with van der Waals surface area (Å²) in [6.07, 6.45) is 5.72. The molecule has 1 atom stereocenters. The molecule has 160 valence electrons. The molecule has 1 aliphatic heterocycles. The zero-order valence-corrected chi connectivity index (χ0v) is 17.4. The first-order chi connectivity index (χ1) is 15.1. The van der Waals surface area contributed by atoms with Crippen molar-refractivity contribution < 1.29 is 19.0 Å². The van der Waals surface area contributed by atoms with Crippen molar-refractivity contribution >= 4 is 5.91 Å². The van der Waals surface area contributed by atoms with Crippen LogP contribution in [0.25, 0.3) is 11.1 Å². The van der Waals surface area contributed by atoms with Crippen LogP contribution in [-0.2, 0) is 11.3 Å². The quantitative estimate of drug-likeness (QED) is 0.598. The van der Waals surface area contributed by atoms with Crippen LogP contribution in [0.4, 0.5) is 0 Å². The maximum atomic E-state index is 11.5. The molecule has 7 heteroatoms. The number of benzene rings is 1. The number of carbonyl (C=O) groups is 1. The molecule has 0 saturated carbocycles. The van der Waals surface area contributed by atoms with Gasteiger partial charge in [-0.2, -0.15) is 0 Å². The van der Waals surface area contributed by atoms with Gasteiger partial charge in [0, 0.05) is 24.6 Å². The summed E-state index contributed by atoms with van der Waals surface area (Å²) in [5.41, 5.74) is 9.52. The largest absolute Gasteiger partial charge is 0.491 e. The Balaban J connectivity index is 1.39. The highest BCUT2D eigenvalue weighted by atomic mass is 16.5. The zero-order valence-electron chi connectivity index (χ0n) is 17.4. The molecule has 7 nitrogen and oxygen atoms in total. The van der Waals surface area contributed by atoms with Crippen molar-refractivity contribution in [2.24, 2.45) is 5.73 Å². The van der Waals surface area contributed by atoms with Gasteiger partial charge < -0.3 is 19.9 Å². The van der Waals surface area contributed by atoms with Gasteiger partial charge in [-0.1, -0.05) is 12.1 Å². The van der Waals surface area contributed by atoms with E-state index in [-0.39, 0.29) is 24.2 Å². The molecule has 0 spiro atoms. The van der Waals surface area contributed by atoms with Crippen molar-refractivity contribution in [3.05, 3.63) is 71.7 Å². The minimum atomic E-state index is -0.579. The van der Waals surface area contributed by atoms with Crippen molar-refractivity contribution in [1.29, 1.82) is 0 Å². The molecule has 1 saturated heterocycles. The van der Waals surface area contributed by atoms with E-state index in [1.54, 1.807) is 24.5 Å². The summed E-state index contributed by atoms with van der Waals surface area (Å²) in [6, 6.07) is 13.2. The molecule has 0 bridgehead atoms. The van der Waals surface area contributed by atoms with E-state index < -0.39 is 5.91 Å². The highest BCUT2D eigenvalue weighted by Gasteiger charge is 2.16. The molecule has 0 unspecified atom stereocenters. The highest BCUT2D eigenvalue weighted by molar-refractivity contribution is 5.94. The monoisotopic (exact) mass is 419 g/mol. The van der Waals surface area contributed by atoms with Crippen LogP contribution >= 0.6 is 0 Å². The molecule has 31 heavy (non-hydrogen) atoms. The number of primary amides is 1. The number of aromatic nitrogens is 2. The average Bonchev–Trinajstić information content (AvgIpc) is 3.31. The molecule has 1 fully saturated rings. The van der Waals surface area contributed by atoms with Crippen LogP contribution in [0.3, 0.4) is 0 Å². The minimum Gasteiger partial charge on any atom is -0.491 e. The van der Waals surface area contributed by atoms with E-state index in [2.05, 4.69) is 16.9 Å². The Kier molecular flexibility index (Phi) is 6.43. The highest BCUT2D eigenvalue weighted by Crippen LogP contribution is 2.27. The van der Waals surface area contributed by atoms with Crippen molar-refractivity contribution in [2.45, 2.75) is 32.5 Å². The molecule has 0 aliphatic carbocycles. The molecule has 2 aromatic heterocycles. The van der Waals surface area contributed by atoms with Gasteiger partial charge in [0.25, 0.3) is 5.91 Å². The van der Waals surface area contributed by atoms with E-state index in [0.29, 0.717) is 6.61 Å². The molecule has 2 N–H and O–H groups in total. The Morgan fingerprint density at radius 3 is 2.81 bits per heavy atom. The minimum absolute atomic E-state index is 0.187. The first kappa shape index (κ1) is 20.8. The summed E-state index contributed by atoms with van der Waals surface area (Å²) >= 11 is 0. The van der Waals surface area contributed by atoms with Crippen LogP contribution < -0.4 is 15.2 Å². The fraction of sp³-hybridized carbons (Fsp3) is 0.292. The maximum Gasteiger partial charge on any atom is 0.254 e. The molecular weight excluding hydrogens is 394 g/mol. The van der Waals surface area contributed by atoms with Crippen molar-refractivity contribution in [3.63, 3.8) is 0 Å². The number of amides is 1. The Morgan fingerprint density at radius 2 is 2.10 bits per heavy atom. The molecule has 1 aromatic carbocycles. The van der Waals surface area contributed by atoms with Gasteiger partial charge in [0.2, 0.25) is 5.88 Å². The number of rotatable bonds is 8. The molecule has 0 radical (unpaired) electrons. The van der Waals surface area contributed by atoms with E-state index in [1.807, 2.05) is 30.3 Å². The summed E-state index contributed by atoms with van der Waals surface area (Å²) in [6.45, 7) is 3.65. The van der Waals surface area contributed by atoms with E-state index >= 15 is 0 Å². The Hall–Kier alpha value is -3.45. The summed E-state index contributed by atoms with van der Waals surface area (Å²) in [5, 5.41) is 0. The molecule has 1 aliphatic rings. The van der Waals surface area contributed by atoms with E-state index in [0.717, 1.165) is 47.6 Å². The predicted molar refractivity (Wildman–Crippen MR) is 116 cm³/mol. The van der Waals surface area contributed by atoms with E-state index in [4.69, 9.17) is 19.9 Å². The topological polar surface area (TPSA) is 96.6 Å². The summed E-state index contributed by atoms with van der Waals surface area (Å²) in [4.78, 5) is 20.0. The number of hydrogen-bond donors (Lipinski definition) is 1. The predicted octanol–water partition coefficient (Wildman–Crippen LogP) is 3.69. The van der Waals surface area contributed by atoms with Crippen LogP contribution in [0, 0.1) is 6.92 Å². The number of nitrogens with zero attached hydrogens (tertiary/aromatic N) is 2. The van der Waals surface area contributed by atoms with Gasteiger partial charge >= 0.3 is 0 Å². The van der Waals surface area contributed by atoms with Crippen LogP contribution in [0.5, 0.6) is 11.6 Å². The van der Waals surface area contributed by atoms with Gasteiger partial charge in [0.15, 0.2) is 0 Å². The summed E-state index contributed by atoms with van der Waals surface area (Å²) < 4.78 is 17.1. The fourth-order valence-electron chi connectivity index (χ4n) is 3.52. The lowest BCUT2D eigenvalue weighted by molar-refractivity contribution is 0.0679. The normalized spacial score (nSPS) is 15.6. The third-order valence-electron chi connectivity index (χ3n) is 5.19.